The van der Waals surface area contributed by atoms with Crippen molar-refractivity contribution in [1.29, 1.82) is 0 Å². The van der Waals surface area contributed by atoms with E-state index in [1.807, 2.05) is 6.92 Å². The first-order valence-corrected chi connectivity index (χ1v) is 10.7. The first-order valence-electron chi connectivity index (χ1n) is 9.24. The summed E-state index contributed by atoms with van der Waals surface area (Å²) in [6.45, 7) is 1.87. The molecule has 0 aliphatic heterocycles. The standard InChI is InChI=1S/C22H21N3O5S/c1-15-7-13-18(14-8-15)31(29,30)25(2)17-11-9-16(10-12-17)21(27)23-24-22(28)19-5-3-4-6-20(19)26/h3-14,26H,1-2H3,(H,23,27)(H,24,28). The van der Waals surface area contributed by atoms with Crippen LogP contribution in [0.3, 0.4) is 0 Å². The summed E-state index contributed by atoms with van der Waals surface area (Å²) in [4.78, 5) is 24.5. The average molecular weight is 439 g/mol. The molecule has 3 aromatic rings. The second-order valence-corrected chi connectivity index (χ2v) is 8.73. The van der Waals surface area contributed by atoms with E-state index in [9.17, 15) is 23.1 Å². The smallest absolute Gasteiger partial charge is 0.273 e. The van der Waals surface area contributed by atoms with Crippen LogP contribution in [0.2, 0.25) is 0 Å². The molecule has 0 atom stereocenters. The van der Waals surface area contributed by atoms with E-state index in [1.54, 1.807) is 24.3 Å². The maximum Gasteiger partial charge on any atom is 0.273 e. The van der Waals surface area contributed by atoms with Gasteiger partial charge in [0, 0.05) is 12.6 Å². The molecular weight excluding hydrogens is 418 g/mol. The lowest BCUT2D eigenvalue weighted by Crippen LogP contribution is -2.41. The third-order valence-corrected chi connectivity index (χ3v) is 6.41. The number of hydrogen-bond acceptors (Lipinski definition) is 5. The van der Waals surface area contributed by atoms with Crippen molar-refractivity contribution in [1.82, 2.24) is 10.9 Å². The van der Waals surface area contributed by atoms with E-state index in [-0.39, 0.29) is 21.8 Å². The number of rotatable bonds is 5. The fourth-order valence-corrected chi connectivity index (χ4v) is 3.94. The molecule has 9 heteroatoms. The number of amides is 2. The number of carbonyl (C=O) groups is 2. The van der Waals surface area contributed by atoms with Crippen molar-refractivity contribution < 1.29 is 23.1 Å². The molecule has 0 spiro atoms. The zero-order valence-electron chi connectivity index (χ0n) is 16.9. The van der Waals surface area contributed by atoms with Crippen molar-refractivity contribution in [2.24, 2.45) is 0 Å². The summed E-state index contributed by atoms with van der Waals surface area (Å²) in [6.07, 6.45) is 0. The Hall–Kier alpha value is -3.85. The number of nitrogens with zero attached hydrogens (tertiary/aromatic N) is 1. The number of hydrogen-bond donors (Lipinski definition) is 3. The zero-order valence-corrected chi connectivity index (χ0v) is 17.7. The minimum absolute atomic E-state index is 0.0149. The Labute approximate surface area is 180 Å². The lowest BCUT2D eigenvalue weighted by atomic mass is 10.2. The molecule has 3 N–H and O–H groups in total. The van der Waals surface area contributed by atoms with Crippen molar-refractivity contribution in [2.45, 2.75) is 11.8 Å². The molecule has 0 saturated heterocycles. The third-order valence-electron chi connectivity index (χ3n) is 4.61. The quantitative estimate of drug-likeness (QED) is 0.529. The summed E-state index contributed by atoms with van der Waals surface area (Å²) >= 11 is 0. The second-order valence-electron chi connectivity index (χ2n) is 6.76. The highest BCUT2D eigenvalue weighted by molar-refractivity contribution is 7.92. The van der Waals surface area contributed by atoms with Crippen LogP contribution in [0.15, 0.2) is 77.7 Å². The van der Waals surface area contributed by atoms with E-state index in [0.29, 0.717) is 5.69 Å². The molecule has 0 aliphatic carbocycles. The van der Waals surface area contributed by atoms with Crippen molar-refractivity contribution in [3.8, 4) is 5.75 Å². The SMILES string of the molecule is Cc1ccc(S(=O)(=O)N(C)c2ccc(C(=O)NNC(=O)c3ccccc3O)cc2)cc1. The van der Waals surface area contributed by atoms with Gasteiger partial charge in [-0.2, -0.15) is 0 Å². The van der Waals surface area contributed by atoms with Crippen molar-refractivity contribution >= 4 is 27.5 Å². The van der Waals surface area contributed by atoms with Crippen LogP contribution in [0.1, 0.15) is 26.3 Å². The van der Waals surface area contributed by atoms with Gasteiger partial charge in [0.05, 0.1) is 16.1 Å². The molecule has 31 heavy (non-hydrogen) atoms. The van der Waals surface area contributed by atoms with Gasteiger partial charge in [0.15, 0.2) is 0 Å². The lowest BCUT2D eigenvalue weighted by Gasteiger charge is -2.20. The third kappa shape index (κ3) is 4.84. The van der Waals surface area contributed by atoms with Gasteiger partial charge in [-0.15, -0.1) is 0 Å². The van der Waals surface area contributed by atoms with Crippen molar-refractivity contribution in [3.05, 3.63) is 89.5 Å². The minimum Gasteiger partial charge on any atom is -0.507 e. The molecule has 0 unspecified atom stereocenters. The first kappa shape index (κ1) is 21.8. The molecule has 0 radical (unpaired) electrons. The predicted molar refractivity (Wildman–Crippen MR) is 116 cm³/mol. The Bertz CT molecular complexity index is 1210. The fourth-order valence-electron chi connectivity index (χ4n) is 2.75. The molecule has 0 fully saturated rings. The highest BCUT2D eigenvalue weighted by Crippen LogP contribution is 2.22. The summed E-state index contributed by atoms with van der Waals surface area (Å²) in [5, 5.41) is 9.68. The van der Waals surface area contributed by atoms with Gasteiger partial charge < -0.3 is 5.11 Å². The Morgan fingerprint density at radius 3 is 2.03 bits per heavy atom. The number of para-hydroxylation sites is 1. The molecule has 0 heterocycles. The van der Waals surface area contributed by atoms with Gasteiger partial charge in [0.25, 0.3) is 21.8 Å². The molecule has 3 rings (SSSR count). The van der Waals surface area contributed by atoms with E-state index in [1.165, 1.54) is 55.6 Å². The van der Waals surface area contributed by atoms with E-state index in [0.717, 1.165) is 9.87 Å². The molecule has 0 aromatic heterocycles. The predicted octanol–water partition coefficient (Wildman–Crippen LogP) is 2.60. The van der Waals surface area contributed by atoms with Gasteiger partial charge in [-0.05, 0) is 55.5 Å². The monoisotopic (exact) mass is 439 g/mol. The molecular formula is C22H21N3O5S. The van der Waals surface area contributed by atoms with Crippen LogP contribution in [0.25, 0.3) is 0 Å². The van der Waals surface area contributed by atoms with Crippen LogP contribution in [0.4, 0.5) is 5.69 Å². The summed E-state index contributed by atoms with van der Waals surface area (Å²) in [7, 11) is -2.32. The molecule has 2 amide bonds. The molecule has 3 aromatic carbocycles. The van der Waals surface area contributed by atoms with Crippen molar-refractivity contribution in [2.75, 3.05) is 11.4 Å². The zero-order chi connectivity index (χ0) is 22.6. The van der Waals surface area contributed by atoms with Crippen molar-refractivity contribution in [3.63, 3.8) is 0 Å². The van der Waals surface area contributed by atoms with Crippen LogP contribution in [0.5, 0.6) is 5.75 Å². The van der Waals surface area contributed by atoms with Gasteiger partial charge in [-0.3, -0.25) is 24.7 Å². The van der Waals surface area contributed by atoms with Gasteiger partial charge in [-0.25, -0.2) is 8.42 Å². The van der Waals surface area contributed by atoms with E-state index >= 15 is 0 Å². The summed E-state index contributed by atoms with van der Waals surface area (Å²) in [5.74, 6) is -1.48. The average Bonchev–Trinajstić information content (AvgIpc) is 2.77. The van der Waals surface area contributed by atoms with E-state index < -0.39 is 21.8 Å². The van der Waals surface area contributed by atoms with Gasteiger partial charge in [-0.1, -0.05) is 29.8 Å². The Morgan fingerprint density at radius 2 is 1.42 bits per heavy atom. The maximum absolute atomic E-state index is 12.8. The molecule has 0 bridgehead atoms. The lowest BCUT2D eigenvalue weighted by molar-refractivity contribution is 0.0845. The van der Waals surface area contributed by atoms with E-state index in [4.69, 9.17) is 0 Å². The van der Waals surface area contributed by atoms with Gasteiger partial charge >= 0.3 is 0 Å². The van der Waals surface area contributed by atoms with Gasteiger partial charge in [0.2, 0.25) is 0 Å². The number of hydrazine groups is 1. The molecule has 0 saturated carbocycles. The highest BCUT2D eigenvalue weighted by atomic mass is 32.2. The maximum atomic E-state index is 12.8. The summed E-state index contributed by atoms with van der Waals surface area (Å²) in [5.41, 5.74) is 6.02. The number of aryl methyl sites for hydroxylation is 1. The highest BCUT2D eigenvalue weighted by Gasteiger charge is 2.21. The normalized spacial score (nSPS) is 10.9. The summed E-state index contributed by atoms with van der Waals surface area (Å²) in [6, 6.07) is 18.3. The Morgan fingerprint density at radius 1 is 0.839 bits per heavy atom. The number of nitrogens with one attached hydrogen (secondary N) is 2. The Balaban J connectivity index is 1.68. The van der Waals surface area contributed by atoms with Crippen LogP contribution < -0.4 is 15.2 Å². The number of phenolic OH excluding ortho intramolecular Hbond substituents is 1. The molecule has 0 aliphatic rings. The minimum atomic E-state index is -3.75. The number of carbonyl (C=O) groups excluding carboxylic acids is 2. The number of phenols is 1. The number of benzene rings is 3. The topological polar surface area (TPSA) is 116 Å². The van der Waals surface area contributed by atoms with Crippen LogP contribution in [0, 0.1) is 6.92 Å². The molecule has 8 nitrogen and oxygen atoms in total. The molecule has 160 valence electrons. The first-order chi connectivity index (χ1) is 14.7. The number of sulfonamides is 1. The summed E-state index contributed by atoms with van der Waals surface area (Å²) < 4.78 is 26.7. The van der Waals surface area contributed by atoms with Gasteiger partial charge in [0.1, 0.15) is 5.75 Å². The van der Waals surface area contributed by atoms with Crippen LogP contribution >= 0.6 is 0 Å². The fraction of sp³-hybridized carbons (Fsp3) is 0.0909. The number of anilines is 1. The van der Waals surface area contributed by atoms with Crippen LogP contribution in [-0.2, 0) is 10.0 Å². The van der Waals surface area contributed by atoms with Crippen LogP contribution in [-0.4, -0.2) is 32.4 Å². The number of aromatic hydroxyl groups is 1. The largest absolute Gasteiger partial charge is 0.507 e. The Kier molecular flexibility index (Phi) is 6.26. The van der Waals surface area contributed by atoms with E-state index in [2.05, 4.69) is 10.9 Å². The second kappa shape index (κ2) is 8.88.